The first-order chi connectivity index (χ1) is 20.0. The van der Waals surface area contributed by atoms with Gasteiger partial charge < -0.3 is 30.5 Å². The molecule has 0 saturated carbocycles. The first-order valence-corrected chi connectivity index (χ1v) is 13.3. The molecular formula is C29H29F3N6O4. The molecule has 0 aliphatic carbocycles. The Morgan fingerprint density at radius 2 is 1.88 bits per heavy atom. The van der Waals surface area contributed by atoms with E-state index in [0.29, 0.717) is 67.2 Å². The molecule has 2 atom stereocenters. The molecule has 220 valence electrons. The first-order valence-electron chi connectivity index (χ1n) is 13.3. The number of rotatable bonds is 7. The zero-order valence-electron chi connectivity index (χ0n) is 22.7. The van der Waals surface area contributed by atoms with Crippen molar-refractivity contribution in [3.8, 4) is 28.8 Å². The molecule has 1 aromatic heterocycles. The number of hydrogen-bond donors (Lipinski definition) is 3. The molecular weight excluding hydrogens is 553 g/mol. The second-order valence-electron chi connectivity index (χ2n) is 10.6. The van der Waals surface area contributed by atoms with E-state index in [1.165, 1.54) is 37.4 Å². The third kappa shape index (κ3) is 6.18. The molecule has 3 aromatic rings. The van der Waals surface area contributed by atoms with E-state index in [1.54, 1.807) is 18.2 Å². The quantitative estimate of drug-likeness (QED) is 0.368. The number of methoxy groups -OCH3 is 1. The summed E-state index contributed by atoms with van der Waals surface area (Å²) in [4.78, 5) is 21.4. The Bertz CT molecular complexity index is 1500. The number of carboxylic acid groups (broad SMARTS) is 1. The van der Waals surface area contributed by atoms with Gasteiger partial charge in [0.2, 0.25) is 17.9 Å². The Balaban J connectivity index is 1.34. The van der Waals surface area contributed by atoms with Crippen LogP contribution in [0.4, 0.5) is 24.9 Å². The lowest BCUT2D eigenvalue weighted by atomic mass is 9.76. The van der Waals surface area contributed by atoms with Gasteiger partial charge in [-0.1, -0.05) is 24.3 Å². The molecule has 0 amide bonds. The molecule has 0 bridgehead atoms. The summed E-state index contributed by atoms with van der Waals surface area (Å²) in [5.74, 6) is -0.615. The summed E-state index contributed by atoms with van der Waals surface area (Å²) in [6.07, 6.45) is -5.16. The van der Waals surface area contributed by atoms with Crippen LogP contribution in [0.2, 0.25) is 0 Å². The van der Waals surface area contributed by atoms with Crippen LogP contribution >= 0.6 is 0 Å². The molecule has 2 aromatic carbocycles. The molecule has 2 saturated heterocycles. The van der Waals surface area contributed by atoms with Crippen molar-refractivity contribution in [2.75, 3.05) is 37.4 Å². The van der Waals surface area contributed by atoms with E-state index in [2.05, 4.69) is 15.3 Å². The van der Waals surface area contributed by atoms with E-state index < -0.39 is 24.3 Å². The van der Waals surface area contributed by atoms with Crippen LogP contribution in [-0.4, -0.2) is 60.0 Å². The van der Waals surface area contributed by atoms with Crippen molar-refractivity contribution in [1.29, 1.82) is 5.26 Å². The van der Waals surface area contributed by atoms with Gasteiger partial charge in [-0.3, -0.25) is 4.79 Å². The van der Waals surface area contributed by atoms with Crippen LogP contribution in [0.3, 0.4) is 0 Å². The van der Waals surface area contributed by atoms with E-state index in [-0.39, 0.29) is 22.8 Å². The van der Waals surface area contributed by atoms with E-state index in [1.807, 2.05) is 11.0 Å². The number of ether oxygens (including phenoxy) is 2. The molecule has 3 heterocycles. The van der Waals surface area contributed by atoms with Crippen LogP contribution in [0.15, 0.2) is 48.5 Å². The molecule has 10 nitrogen and oxygen atoms in total. The highest BCUT2D eigenvalue weighted by Gasteiger charge is 2.45. The van der Waals surface area contributed by atoms with Crippen LogP contribution < -0.4 is 25.4 Å². The molecule has 0 unspecified atom stereocenters. The molecule has 0 radical (unpaired) electrons. The zero-order valence-corrected chi connectivity index (χ0v) is 22.7. The number of carbonyl (C=O) groups is 1. The van der Waals surface area contributed by atoms with Gasteiger partial charge in [0.05, 0.1) is 18.7 Å². The average molecular weight is 583 g/mol. The summed E-state index contributed by atoms with van der Waals surface area (Å²) in [6, 6.07) is 13.3. The fraction of sp³-hybridized carbons (Fsp3) is 0.379. The number of aromatic nitrogens is 2. The minimum atomic E-state index is -4.76. The third-order valence-electron chi connectivity index (χ3n) is 7.87. The van der Waals surface area contributed by atoms with Crippen LogP contribution in [-0.2, 0) is 4.79 Å². The van der Waals surface area contributed by atoms with Crippen molar-refractivity contribution in [2.45, 2.75) is 37.6 Å². The number of piperidine rings is 1. The van der Waals surface area contributed by atoms with Crippen molar-refractivity contribution in [3.05, 3.63) is 59.7 Å². The molecule has 4 N–H and O–H groups in total. The number of hydrogen-bond acceptors (Lipinski definition) is 9. The lowest BCUT2D eigenvalue weighted by molar-refractivity contribution is -0.198. The van der Waals surface area contributed by atoms with E-state index in [0.717, 1.165) is 0 Å². The van der Waals surface area contributed by atoms with E-state index >= 15 is 0 Å². The highest BCUT2D eigenvalue weighted by Crippen LogP contribution is 2.41. The number of nitrogens with zero attached hydrogens (tertiary/aromatic N) is 4. The Morgan fingerprint density at radius 1 is 1.17 bits per heavy atom. The van der Waals surface area contributed by atoms with Gasteiger partial charge in [0.15, 0.2) is 0 Å². The molecule has 2 fully saturated rings. The number of halogens is 3. The standard InChI is InChI=1S/C29H29F3N6O4/c1-41-21-11-17(15-33)10-20(12-21)18-2-4-19(5-3-18)25(29(30,31)32)42-24-13-23(36-27(34)37-24)38-8-6-28(7-9-38)14-22(26(39)40)35-16-28/h2-5,10-13,22,25,35H,6-9,14,16H2,1H3,(H,39,40)(H2,34,36,37)/t22-,25+/m0/s1. The number of nitrogens with two attached hydrogens (primary N) is 1. The number of nitrogen functional groups attached to an aromatic ring is 1. The maximum absolute atomic E-state index is 14.2. The average Bonchev–Trinajstić information content (AvgIpc) is 3.39. The maximum atomic E-state index is 14.2. The highest BCUT2D eigenvalue weighted by atomic mass is 19.4. The second kappa shape index (κ2) is 11.4. The lowest BCUT2D eigenvalue weighted by Crippen LogP contribution is -2.41. The van der Waals surface area contributed by atoms with Crippen LogP contribution in [0.5, 0.6) is 11.6 Å². The van der Waals surface area contributed by atoms with Crippen molar-refractivity contribution < 1.29 is 32.5 Å². The van der Waals surface area contributed by atoms with Crippen molar-refractivity contribution >= 4 is 17.7 Å². The normalized spacial score (nSPS) is 18.8. The van der Waals surface area contributed by atoms with Gasteiger partial charge in [0.25, 0.3) is 0 Å². The monoisotopic (exact) mass is 582 g/mol. The smallest absolute Gasteiger partial charge is 0.429 e. The number of alkyl halides is 3. The number of benzene rings is 2. The number of nitrogens with one attached hydrogen (secondary N) is 1. The fourth-order valence-electron chi connectivity index (χ4n) is 5.58. The van der Waals surface area contributed by atoms with Crippen molar-refractivity contribution in [3.63, 3.8) is 0 Å². The Morgan fingerprint density at radius 3 is 2.48 bits per heavy atom. The van der Waals surface area contributed by atoms with Crippen LogP contribution in [0.25, 0.3) is 11.1 Å². The predicted molar refractivity (Wildman–Crippen MR) is 147 cm³/mol. The van der Waals surface area contributed by atoms with Gasteiger partial charge in [-0.15, -0.1) is 0 Å². The van der Waals surface area contributed by atoms with Gasteiger partial charge in [-0.2, -0.15) is 28.4 Å². The van der Waals surface area contributed by atoms with Gasteiger partial charge in [-0.25, -0.2) is 0 Å². The summed E-state index contributed by atoms with van der Waals surface area (Å²) >= 11 is 0. The fourth-order valence-corrected chi connectivity index (χ4v) is 5.58. The summed E-state index contributed by atoms with van der Waals surface area (Å²) in [5, 5.41) is 21.7. The number of anilines is 2. The highest BCUT2D eigenvalue weighted by molar-refractivity contribution is 5.74. The largest absolute Gasteiger partial charge is 0.497 e. The Labute approximate surface area is 239 Å². The Hall–Kier alpha value is -4.57. The van der Waals surface area contributed by atoms with E-state index in [4.69, 9.17) is 15.2 Å². The maximum Gasteiger partial charge on any atom is 0.429 e. The Kier molecular flexibility index (Phi) is 7.83. The summed E-state index contributed by atoms with van der Waals surface area (Å²) in [7, 11) is 1.46. The molecule has 2 aliphatic rings. The summed E-state index contributed by atoms with van der Waals surface area (Å²) < 4.78 is 53.3. The molecule has 13 heteroatoms. The van der Waals surface area contributed by atoms with E-state index in [9.17, 15) is 28.3 Å². The SMILES string of the molecule is COc1cc(C#N)cc(-c2ccc([C@@H](Oc3cc(N4CCC5(CC4)CN[C@H](C(=O)O)C5)nc(N)n3)C(F)(F)F)cc2)c1. The summed E-state index contributed by atoms with van der Waals surface area (Å²) in [6.45, 7) is 1.67. The van der Waals surface area contributed by atoms with Gasteiger partial charge in [0, 0.05) is 31.3 Å². The third-order valence-corrected chi connectivity index (χ3v) is 7.87. The predicted octanol–water partition coefficient (Wildman–Crippen LogP) is 4.32. The number of nitriles is 1. The number of aliphatic carboxylic acids is 1. The second-order valence-corrected chi connectivity index (χ2v) is 10.6. The minimum Gasteiger partial charge on any atom is -0.497 e. The van der Waals surface area contributed by atoms with Gasteiger partial charge in [-0.05, 0) is 54.0 Å². The molecule has 1 spiro atoms. The van der Waals surface area contributed by atoms with Crippen molar-refractivity contribution in [2.24, 2.45) is 5.41 Å². The van der Waals surface area contributed by atoms with Gasteiger partial charge in [0.1, 0.15) is 17.6 Å². The van der Waals surface area contributed by atoms with Crippen molar-refractivity contribution in [1.82, 2.24) is 15.3 Å². The van der Waals surface area contributed by atoms with Crippen LogP contribution in [0, 0.1) is 16.7 Å². The van der Waals surface area contributed by atoms with Crippen LogP contribution in [0.1, 0.15) is 36.5 Å². The molecule has 2 aliphatic heterocycles. The number of carboxylic acids is 1. The molecule has 5 rings (SSSR count). The van der Waals surface area contributed by atoms with Gasteiger partial charge >= 0.3 is 12.1 Å². The zero-order chi connectivity index (χ0) is 30.1. The lowest BCUT2D eigenvalue weighted by Gasteiger charge is -2.39. The minimum absolute atomic E-state index is 0.144. The summed E-state index contributed by atoms with van der Waals surface area (Å²) in [5.41, 5.74) is 7.15. The molecule has 42 heavy (non-hydrogen) atoms. The first kappa shape index (κ1) is 28.9. The topological polar surface area (TPSA) is 147 Å².